The van der Waals surface area contributed by atoms with Crippen molar-refractivity contribution in [1.82, 2.24) is 4.90 Å². The van der Waals surface area contributed by atoms with Gasteiger partial charge in [0.15, 0.2) is 0 Å². The number of ether oxygens (including phenoxy) is 2. The monoisotopic (exact) mass is 300 g/mol. The molecular weight excluding hydrogens is 268 g/mol. The maximum Gasteiger partial charge on any atom is 0.306 e. The summed E-state index contributed by atoms with van der Waals surface area (Å²) < 4.78 is 10.00. The summed E-state index contributed by atoms with van der Waals surface area (Å²) in [5.41, 5.74) is 5.98. The molecule has 5 nitrogen and oxygen atoms in total. The smallest absolute Gasteiger partial charge is 0.306 e. The quantitative estimate of drug-likeness (QED) is 0.656. The Balaban J connectivity index is 2.68. The van der Waals surface area contributed by atoms with Crippen LogP contribution in [-0.2, 0) is 14.3 Å². The van der Waals surface area contributed by atoms with Crippen LogP contribution in [-0.4, -0.2) is 57.4 Å². The van der Waals surface area contributed by atoms with E-state index in [9.17, 15) is 4.79 Å². The minimum absolute atomic E-state index is 0.149. The van der Waals surface area contributed by atoms with Crippen LogP contribution in [0.5, 0.6) is 0 Å². The molecule has 3 unspecified atom stereocenters. The Morgan fingerprint density at radius 2 is 2.05 bits per heavy atom. The van der Waals surface area contributed by atoms with Crippen molar-refractivity contribution in [2.75, 3.05) is 40.5 Å². The Hall–Kier alpha value is -0.650. The summed E-state index contributed by atoms with van der Waals surface area (Å²) in [5, 5.41) is 0. The van der Waals surface area contributed by atoms with Crippen molar-refractivity contribution in [3.05, 3.63) is 0 Å². The molecule has 21 heavy (non-hydrogen) atoms. The van der Waals surface area contributed by atoms with Crippen molar-refractivity contribution < 1.29 is 14.3 Å². The molecule has 0 saturated heterocycles. The first-order chi connectivity index (χ1) is 10.2. The largest absolute Gasteiger partial charge is 0.469 e. The Labute approximate surface area is 129 Å². The van der Waals surface area contributed by atoms with Crippen molar-refractivity contribution in [2.45, 2.75) is 45.1 Å². The van der Waals surface area contributed by atoms with Gasteiger partial charge in [0.2, 0.25) is 0 Å². The van der Waals surface area contributed by atoms with Crippen LogP contribution >= 0.6 is 0 Å². The Morgan fingerprint density at radius 3 is 2.62 bits per heavy atom. The highest BCUT2D eigenvalue weighted by Gasteiger charge is 2.33. The number of hydrogen-bond acceptors (Lipinski definition) is 5. The third kappa shape index (κ3) is 5.93. The zero-order valence-corrected chi connectivity index (χ0v) is 13.8. The molecule has 0 heterocycles. The Kier molecular flexibility index (Phi) is 8.88. The van der Waals surface area contributed by atoms with Crippen LogP contribution in [0.2, 0.25) is 0 Å². The summed E-state index contributed by atoms with van der Waals surface area (Å²) in [6.45, 7) is 5.26. The van der Waals surface area contributed by atoms with Crippen molar-refractivity contribution in [3.63, 3.8) is 0 Å². The number of rotatable bonds is 9. The molecule has 0 amide bonds. The molecule has 1 saturated carbocycles. The van der Waals surface area contributed by atoms with E-state index >= 15 is 0 Å². The molecule has 1 fully saturated rings. The molecule has 1 aliphatic carbocycles. The first-order valence-corrected chi connectivity index (χ1v) is 8.16. The van der Waals surface area contributed by atoms with Crippen molar-refractivity contribution in [3.8, 4) is 0 Å². The Morgan fingerprint density at radius 1 is 1.29 bits per heavy atom. The summed E-state index contributed by atoms with van der Waals surface area (Å²) in [7, 11) is 3.16. The normalized spacial score (nSPS) is 26.0. The summed E-state index contributed by atoms with van der Waals surface area (Å²) in [6, 6.07) is 0.466. The highest BCUT2D eigenvalue weighted by atomic mass is 16.5. The number of esters is 1. The lowest BCUT2D eigenvalue weighted by Gasteiger charge is -2.42. The summed E-state index contributed by atoms with van der Waals surface area (Å²) >= 11 is 0. The molecule has 0 radical (unpaired) electrons. The van der Waals surface area contributed by atoms with E-state index in [1.54, 1.807) is 7.11 Å². The van der Waals surface area contributed by atoms with Gasteiger partial charge in [-0.15, -0.1) is 0 Å². The van der Waals surface area contributed by atoms with Crippen molar-refractivity contribution in [1.29, 1.82) is 0 Å². The molecule has 0 aromatic rings. The minimum Gasteiger partial charge on any atom is -0.469 e. The van der Waals surface area contributed by atoms with Crippen LogP contribution in [0.3, 0.4) is 0 Å². The number of nitrogens with two attached hydrogens (primary N) is 1. The fourth-order valence-corrected chi connectivity index (χ4v) is 3.38. The molecule has 0 spiro atoms. The van der Waals surface area contributed by atoms with E-state index in [0.29, 0.717) is 25.0 Å². The van der Waals surface area contributed by atoms with E-state index in [1.165, 1.54) is 32.8 Å². The topological polar surface area (TPSA) is 64.8 Å². The zero-order chi connectivity index (χ0) is 15.7. The second-order valence-electron chi connectivity index (χ2n) is 6.01. The molecule has 0 aromatic heterocycles. The minimum atomic E-state index is -0.149. The number of carbonyl (C=O) groups is 1. The van der Waals surface area contributed by atoms with Gasteiger partial charge in [-0.2, -0.15) is 0 Å². The van der Waals surface area contributed by atoms with Crippen LogP contribution in [0, 0.1) is 11.8 Å². The number of carbonyl (C=O) groups excluding carboxylic acids is 1. The molecule has 1 aliphatic rings. The SMILES string of the molecule is CCC1CCC(CN)C(N(CCOC)CCC(=O)OC)C1. The van der Waals surface area contributed by atoms with Crippen LogP contribution in [0.4, 0.5) is 0 Å². The summed E-state index contributed by atoms with van der Waals surface area (Å²) in [5.74, 6) is 1.16. The van der Waals surface area contributed by atoms with Gasteiger partial charge in [-0.1, -0.05) is 19.8 Å². The van der Waals surface area contributed by atoms with Gasteiger partial charge in [0.1, 0.15) is 0 Å². The molecule has 5 heteroatoms. The predicted molar refractivity (Wildman–Crippen MR) is 84.0 cm³/mol. The van der Waals surface area contributed by atoms with Crippen LogP contribution in [0.25, 0.3) is 0 Å². The van der Waals surface area contributed by atoms with E-state index < -0.39 is 0 Å². The van der Waals surface area contributed by atoms with Gasteiger partial charge < -0.3 is 15.2 Å². The standard InChI is InChI=1S/C16H32N2O3/c1-4-13-5-6-14(12-17)15(11-13)18(9-10-20-2)8-7-16(19)21-3/h13-15H,4-12,17H2,1-3H3. The van der Waals surface area contributed by atoms with Gasteiger partial charge in [-0.3, -0.25) is 9.69 Å². The molecule has 0 aliphatic heterocycles. The van der Waals surface area contributed by atoms with Crippen LogP contribution < -0.4 is 5.73 Å². The van der Waals surface area contributed by atoms with Gasteiger partial charge in [-0.25, -0.2) is 0 Å². The number of hydrogen-bond donors (Lipinski definition) is 1. The molecule has 0 aromatic carbocycles. The molecule has 3 atom stereocenters. The fraction of sp³-hybridized carbons (Fsp3) is 0.938. The molecule has 1 rings (SSSR count). The van der Waals surface area contributed by atoms with Crippen molar-refractivity contribution in [2.24, 2.45) is 17.6 Å². The molecular formula is C16H32N2O3. The molecule has 2 N–H and O–H groups in total. The van der Waals surface area contributed by atoms with E-state index in [4.69, 9.17) is 15.2 Å². The Bertz CT molecular complexity index is 299. The van der Waals surface area contributed by atoms with E-state index in [-0.39, 0.29) is 5.97 Å². The lowest BCUT2D eigenvalue weighted by molar-refractivity contribution is -0.141. The van der Waals surface area contributed by atoms with Gasteiger partial charge in [0.05, 0.1) is 20.1 Å². The van der Waals surface area contributed by atoms with Crippen LogP contribution in [0.15, 0.2) is 0 Å². The van der Waals surface area contributed by atoms with E-state index in [0.717, 1.165) is 25.6 Å². The second kappa shape index (κ2) is 10.1. The fourth-order valence-electron chi connectivity index (χ4n) is 3.38. The average molecular weight is 300 g/mol. The van der Waals surface area contributed by atoms with E-state index in [1.807, 2.05) is 0 Å². The summed E-state index contributed by atoms with van der Waals surface area (Å²) in [4.78, 5) is 13.8. The second-order valence-corrected chi connectivity index (χ2v) is 6.01. The van der Waals surface area contributed by atoms with Gasteiger partial charge in [0.25, 0.3) is 0 Å². The lowest BCUT2D eigenvalue weighted by Crippen LogP contribution is -2.48. The van der Waals surface area contributed by atoms with E-state index in [2.05, 4.69) is 11.8 Å². The average Bonchev–Trinajstić information content (AvgIpc) is 2.54. The summed E-state index contributed by atoms with van der Waals surface area (Å²) in [6.07, 6.45) is 5.32. The van der Waals surface area contributed by atoms with Crippen molar-refractivity contribution >= 4 is 5.97 Å². The van der Waals surface area contributed by atoms with Crippen LogP contribution in [0.1, 0.15) is 39.0 Å². The maximum absolute atomic E-state index is 11.4. The first kappa shape index (κ1) is 18.4. The third-order valence-electron chi connectivity index (χ3n) is 4.83. The molecule has 124 valence electrons. The maximum atomic E-state index is 11.4. The third-order valence-corrected chi connectivity index (χ3v) is 4.83. The highest BCUT2D eigenvalue weighted by Crippen LogP contribution is 2.33. The lowest BCUT2D eigenvalue weighted by atomic mass is 9.76. The number of nitrogens with zero attached hydrogens (tertiary/aromatic N) is 1. The number of methoxy groups -OCH3 is 2. The highest BCUT2D eigenvalue weighted by molar-refractivity contribution is 5.69. The predicted octanol–water partition coefficient (Wildman–Crippen LogP) is 1.65. The first-order valence-electron chi connectivity index (χ1n) is 8.16. The zero-order valence-electron chi connectivity index (χ0n) is 13.8. The molecule has 0 bridgehead atoms. The van der Waals surface area contributed by atoms with Gasteiger partial charge in [-0.05, 0) is 31.2 Å². The van der Waals surface area contributed by atoms with Gasteiger partial charge >= 0.3 is 5.97 Å². The van der Waals surface area contributed by atoms with Gasteiger partial charge in [0, 0.05) is 26.2 Å².